The maximum absolute atomic E-state index is 11.3. The maximum atomic E-state index is 11.3. The van der Waals surface area contributed by atoms with Gasteiger partial charge in [-0.3, -0.25) is 4.79 Å². The van der Waals surface area contributed by atoms with E-state index in [1.165, 1.54) is 35.6 Å². The van der Waals surface area contributed by atoms with E-state index in [0.29, 0.717) is 5.92 Å². The predicted molar refractivity (Wildman–Crippen MR) is 75.8 cm³/mol. The molecule has 1 unspecified atom stereocenters. The number of aromatic nitrogens is 1. The molecule has 19 heavy (non-hydrogen) atoms. The first kappa shape index (κ1) is 13.1. The first-order chi connectivity index (χ1) is 9.15. The Morgan fingerprint density at radius 1 is 1.26 bits per heavy atom. The molecule has 3 rings (SSSR count). The number of hydrogen-bond donors (Lipinski definition) is 1. The molecule has 104 valence electrons. The SMILES string of the molecule is CC1CCC(c2nc3c(s2)CCCC3C(=O)O)CC1. The van der Waals surface area contributed by atoms with E-state index in [9.17, 15) is 9.90 Å². The van der Waals surface area contributed by atoms with Gasteiger partial charge >= 0.3 is 5.97 Å². The molecule has 1 heterocycles. The zero-order chi connectivity index (χ0) is 13.4. The lowest BCUT2D eigenvalue weighted by molar-refractivity contribution is -0.139. The van der Waals surface area contributed by atoms with Crippen molar-refractivity contribution in [1.82, 2.24) is 4.98 Å². The number of rotatable bonds is 2. The highest BCUT2D eigenvalue weighted by Crippen LogP contribution is 2.41. The van der Waals surface area contributed by atoms with E-state index >= 15 is 0 Å². The number of carboxylic acid groups (broad SMARTS) is 1. The van der Waals surface area contributed by atoms with Gasteiger partial charge in [0, 0.05) is 10.8 Å². The van der Waals surface area contributed by atoms with Crippen molar-refractivity contribution >= 4 is 17.3 Å². The number of thiazole rings is 1. The van der Waals surface area contributed by atoms with Gasteiger partial charge in [-0.15, -0.1) is 11.3 Å². The lowest BCUT2D eigenvalue weighted by Gasteiger charge is -2.24. The zero-order valence-corrected chi connectivity index (χ0v) is 12.2. The molecule has 0 spiro atoms. The van der Waals surface area contributed by atoms with E-state index < -0.39 is 5.97 Å². The largest absolute Gasteiger partial charge is 0.481 e. The van der Waals surface area contributed by atoms with Gasteiger partial charge in [-0.05, 0) is 38.0 Å². The van der Waals surface area contributed by atoms with Gasteiger partial charge in [-0.25, -0.2) is 4.98 Å². The van der Waals surface area contributed by atoms with Crippen molar-refractivity contribution in [2.75, 3.05) is 0 Å². The van der Waals surface area contributed by atoms with Gasteiger partial charge in [0.2, 0.25) is 0 Å². The molecule has 1 saturated carbocycles. The number of carbonyl (C=O) groups is 1. The van der Waals surface area contributed by atoms with Crippen LogP contribution < -0.4 is 0 Å². The fraction of sp³-hybridized carbons (Fsp3) is 0.733. The van der Waals surface area contributed by atoms with Gasteiger partial charge in [0.15, 0.2) is 0 Å². The van der Waals surface area contributed by atoms with Crippen LogP contribution in [0.25, 0.3) is 0 Å². The van der Waals surface area contributed by atoms with Crippen molar-refractivity contribution in [3.8, 4) is 0 Å². The van der Waals surface area contributed by atoms with Gasteiger partial charge in [-0.1, -0.05) is 19.8 Å². The topological polar surface area (TPSA) is 50.2 Å². The van der Waals surface area contributed by atoms with Crippen LogP contribution in [0.5, 0.6) is 0 Å². The smallest absolute Gasteiger partial charge is 0.312 e. The van der Waals surface area contributed by atoms with Crippen LogP contribution in [0, 0.1) is 5.92 Å². The second-order valence-electron chi connectivity index (χ2n) is 6.10. The van der Waals surface area contributed by atoms with Crippen LogP contribution in [-0.2, 0) is 11.2 Å². The van der Waals surface area contributed by atoms with Gasteiger partial charge in [0.05, 0.1) is 16.6 Å². The first-order valence-electron chi connectivity index (χ1n) is 7.37. The maximum Gasteiger partial charge on any atom is 0.312 e. The average molecular weight is 279 g/mol. The Bertz CT molecular complexity index is 474. The second-order valence-corrected chi connectivity index (χ2v) is 7.22. The van der Waals surface area contributed by atoms with E-state index in [-0.39, 0.29) is 5.92 Å². The molecule has 0 radical (unpaired) electrons. The van der Waals surface area contributed by atoms with Crippen LogP contribution in [0.3, 0.4) is 0 Å². The highest BCUT2D eigenvalue weighted by atomic mass is 32.1. The Labute approximate surface area is 118 Å². The Morgan fingerprint density at radius 3 is 2.68 bits per heavy atom. The van der Waals surface area contributed by atoms with Crippen LogP contribution in [-0.4, -0.2) is 16.1 Å². The summed E-state index contributed by atoms with van der Waals surface area (Å²) >= 11 is 1.79. The Morgan fingerprint density at radius 2 is 2.00 bits per heavy atom. The summed E-state index contributed by atoms with van der Waals surface area (Å²) in [7, 11) is 0. The minimum atomic E-state index is -0.699. The lowest BCUT2D eigenvalue weighted by Crippen LogP contribution is -2.17. The lowest BCUT2D eigenvalue weighted by atomic mass is 9.83. The first-order valence-corrected chi connectivity index (χ1v) is 8.19. The second kappa shape index (κ2) is 5.23. The summed E-state index contributed by atoms with van der Waals surface area (Å²) in [5.74, 6) is 0.380. The standard InChI is InChI=1S/C15H21NO2S/c1-9-5-7-10(8-6-9)14-16-13-11(15(17)18)3-2-4-12(13)19-14/h9-11H,2-8H2,1H3,(H,17,18). The fourth-order valence-electron chi connectivity index (χ4n) is 3.36. The third-order valence-corrected chi connectivity index (χ3v) is 5.93. The number of fused-ring (bicyclic) bond motifs is 1. The average Bonchev–Trinajstić information content (AvgIpc) is 2.82. The summed E-state index contributed by atoms with van der Waals surface area (Å²) < 4.78 is 0. The molecule has 0 aromatic carbocycles. The Kier molecular flexibility index (Phi) is 3.61. The summed E-state index contributed by atoms with van der Waals surface area (Å²) in [6, 6.07) is 0. The molecule has 1 aromatic heterocycles. The van der Waals surface area contributed by atoms with Crippen LogP contribution in [0.4, 0.5) is 0 Å². The molecule has 2 aliphatic rings. The Hall–Kier alpha value is -0.900. The summed E-state index contributed by atoms with van der Waals surface area (Å²) in [6.45, 7) is 2.32. The fourth-order valence-corrected chi connectivity index (χ4v) is 4.70. The van der Waals surface area contributed by atoms with Crippen LogP contribution in [0.15, 0.2) is 0 Å². The molecule has 2 aliphatic carbocycles. The number of carboxylic acids is 1. The van der Waals surface area contributed by atoms with Crippen molar-refractivity contribution in [2.24, 2.45) is 5.92 Å². The Balaban J connectivity index is 1.83. The number of aliphatic carboxylic acids is 1. The van der Waals surface area contributed by atoms with Crippen molar-refractivity contribution in [1.29, 1.82) is 0 Å². The summed E-state index contributed by atoms with van der Waals surface area (Å²) in [5, 5.41) is 10.5. The van der Waals surface area contributed by atoms with Gasteiger partial charge < -0.3 is 5.11 Å². The van der Waals surface area contributed by atoms with Crippen molar-refractivity contribution < 1.29 is 9.90 Å². The molecular formula is C15H21NO2S. The molecule has 3 nitrogen and oxygen atoms in total. The van der Waals surface area contributed by atoms with E-state index in [1.54, 1.807) is 11.3 Å². The van der Waals surface area contributed by atoms with Crippen molar-refractivity contribution in [3.05, 3.63) is 15.6 Å². The monoisotopic (exact) mass is 279 g/mol. The zero-order valence-electron chi connectivity index (χ0n) is 11.4. The van der Waals surface area contributed by atoms with Gasteiger partial charge in [0.25, 0.3) is 0 Å². The molecule has 1 aromatic rings. The molecule has 4 heteroatoms. The highest BCUT2D eigenvalue weighted by molar-refractivity contribution is 7.11. The predicted octanol–water partition coefficient (Wildman–Crippen LogP) is 3.94. The molecule has 0 aliphatic heterocycles. The molecule has 1 atom stereocenters. The summed E-state index contributed by atoms with van der Waals surface area (Å²) in [5.41, 5.74) is 0.886. The third kappa shape index (κ3) is 2.55. The van der Waals surface area contributed by atoms with E-state index in [4.69, 9.17) is 4.98 Å². The van der Waals surface area contributed by atoms with Gasteiger partial charge in [0.1, 0.15) is 0 Å². The molecule has 0 saturated heterocycles. The quantitative estimate of drug-likeness (QED) is 0.892. The number of hydrogen-bond acceptors (Lipinski definition) is 3. The normalized spacial score (nSPS) is 30.9. The molecule has 0 amide bonds. The molecular weight excluding hydrogens is 258 g/mol. The number of nitrogens with zero attached hydrogens (tertiary/aromatic N) is 1. The van der Waals surface area contributed by atoms with E-state index in [2.05, 4.69) is 6.92 Å². The van der Waals surface area contributed by atoms with Crippen molar-refractivity contribution in [3.63, 3.8) is 0 Å². The van der Waals surface area contributed by atoms with Crippen LogP contribution >= 0.6 is 11.3 Å². The number of aryl methyl sites for hydroxylation is 1. The van der Waals surface area contributed by atoms with Gasteiger partial charge in [-0.2, -0.15) is 0 Å². The highest BCUT2D eigenvalue weighted by Gasteiger charge is 2.32. The summed E-state index contributed by atoms with van der Waals surface area (Å²) in [6.07, 6.45) is 7.81. The van der Waals surface area contributed by atoms with Crippen LogP contribution in [0.2, 0.25) is 0 Å². The van der Waals surface area contributed by atoms with E-state index in [0.717, 1.165) is 30.9 Å². The minimum absolute atomic E-state index is 0.351. The molecule has 0 bridgehead atoms. The summed E-state index contributed by atoms with van der Waals surface area (Å²) in [4.78, 5) is 17.3. The minimum Gasteiger partial charge on any atom is -0.481 e. The van der Waals surface area contributed by atoms with Crippen molar-refractivity contribution in [2.45, 2.75) is 63.7 Å². The van der Waals surface area contributed by atoms with Crippen LogP contribution in [0.1, 0.15) is 72.9 Å². The molecule has 1 fully saturated rings. The molecule has 1 N–H and O–H groups in total. The third-order valence-electron chi connectivity index (χ3n) is 4.63. The van der Waals surface area contributed by atoms with E-state index in [1.807, 2.05) is 0 Å².